The highest BCUT2D eigenvalue weighted by molar-refractivity contribution is 5.87. The van der Waals surface area contributed by atoms with Crippen molar-refractivity contribution in [2.24, 2.45) is 5.41 Å². The standard InChI is InChI=1S/C12H18N2O3/c1-3-16-10(15)9-7-17-11(14-9)13-8-12(2)5-4-6-12/h7H,3-6,8H2,1-2H3,(H,13,14). The largest absolute Gasteiger partial charge is 0.461 e. The van der Waals surface area contributed by atoms with E-state index in [0.717, 1.165) is 6.54 Å². The van der Waals surface area contributed by atoms with E-state index in [0.29, 0.717) is 18.0 Å². The molecular weight excluding hydrogens is 220 g/mol. The molecule has 0 unspecified atom stereocenters. The zero-order valence-corrected chi connectivity index (χ0v) is 10.3. The minimum Gasteiger partial charge on any atom is -0.461 e. The predicted octanol–water partition coefficient (Wildman–Crippen LogP) is 2.45. The zero-order valence-electron chi connectivity index (χ0n) is 10.3. The number of hydrogen-bond acceptors (Lipinski definition) is 5. The molecule has 1 aromatic heterocycles. The second-order valence-corrected chi connectivity index (χ2v) is 4.78. The molecule has 0 spiro atoms. The Labute approximate surface area is 101 Å². The van der Waals surface area contributed by atoms with Gasteiger partial charge in [-0.25, -0.2) is 4.79 Å². The van der Waals surface area contributed by atoms with E-state index in [2.05, 4.69) is 17.2 Å². The summed E-state index contributed by atoms with van der Waals surface area (Å²) in [4.78, 5) is 15.4. The van der Waals surface area contributed by atoms with Crippen LogP contribution in [0.3, 0.4) is 0 Å². The van der Waals surface area contributed by atoms with E-state index in [1.807, 2.05) is 0 Å². The summed E-state index contributed by atoms with van der Waals surface area (Å²) >= 11 is 0. The number of ether oxygens (including phenoxy) is 1. The molecule has 1 aliphatic carbocycles. The molecule has 1 aromatic rings. The molecule has 17 heavy (non-hydrogen) atoms. The van der Waals surface area contributed by atoms with Crippen LogP contribution >= 0.6 is 0 Å². The fourth-order valence-electron chi connectivity index (χ4n) is 1.90. The summed E-state index contributed by atoms with van der Waals surface area (Å²) in [6.45, 7) is 5.16. The summed E-state index contributed by atoms with van der Waals surface area (Å²) in [7, 11) is 0. The molecule has 1 aliphatic rings. The number of carbonyl (C=O) groups excluding carboxylic acids is 1. The van der Waals surface area contributed by atoms with Gasteiger partial charge in [0, 0.05) is 6.54 Å². The third kappa shape index (κ3) is 2.78. The molecule has 5 nitrogen and oxygen atoms in total. The molecule has 1 heterocycles. The van der Waals surface area contributed by atoms with Gasteiger partial charge in [-0.3, -0.25) is 0 Å². The molecule has 94 valence electrons. The average molecular weight is 238 g/mol. The van der Waals surface area contributed by atoms with Crippen LogP contribution in [0.25, 0.3) is 0 Å². The number of anilines is 1. The van der Waals surface area contributed by atoms with Crippen molar-refractivity contribution in [1.29, 1.82) is 0 Å². The zero-order chi connectivity index (χ0) is 12.3. The molecule has 0 bridgehead atoms. The van der Waals surface area contributed by atoms with Crippen LogP contribution in [0.15, 0.2) is 10.7 Å². The smallest absolute Gasteiger partial charge is 0.360 e. The lowest BCUT2D eigenvalue weighted by atomic mass is 9.70. The van der Waals surface area contributed by atoms with Gasteiger partial charge in [0.15, 0.2) is 5.69 Å². The van der Waals surface area contributed by atoms with E-state index < -0.39 is 5.97 Å². The lowest BCUT2D eigenvalue weighted by molar-refractivity contribution is 0.0519. The van der Waals surface area contributed by atoms with Crippen LogP contribution in [0.2, 0.25) is 0 Å². The van der Waals surface area contributed by atoms with E-state index in [9.17, 15) is 4.79 Å². The van der Waals surface area contributed by atoms with E-state index in [4.69, 9.17) is 9.15 Å². The quantitative estimate of drug-likeness (QED) is 0.798. The van der Waals surface area contributed by atoms with Gasteiger partial charge in [0.1, 0.15) is 6.26 Å². The fourth-order valence-corrected chi connectivity index (χ4v) is 1.90. The van der Waals surface area contributed by atoms with E-state index in [1.165, 1.54) is 25.5 Å². The predicted molar refractivity (Wildman–Crippen MR) is 62.9 cm³/mol. The number of esters is 1. The molecule has 1 saturated carbocycles. The Hall–Kier alpha value is -1.52. The Kier molecular flexibility index (Phi) is 3.36. The van der Waals surface area contributed by atoms with Crippen LogP contribution in [-0.4, -0.2) is 24.1 Å². The van der Waals surface area contributed by atoms with Gasteiger partial charge in [0.2, 0.25) is 0 Å². The molecular formula is C12H18N2O3. The van der Waals surface area contributed by atoms with Gasteiger partial charge in [-0.1, -0.05) is 13.3 Å². The number of nitrogens with one attached hydrogen (secondary N) is 1. The van der Waals surface area contributed by atoms with Gasteiger partial charge in [-0.15, -0.1) is 0 Å². The topological polar surface area (TPSA) is 64.4 Å². The normalized spacial score (nSPS) is 17.3. The monoisotopic (exact) mass is 238 g/mol. The molecule has 0 aliphatic heterocycles. The maximum absolute atomic E-state index is 11.4. The van der Waals surface area contributed by atoms with Crippen molar-refractivity contribution in [3.05, 3.63) is 12.0 Å². The summed E-state index contributed by atoms with van der Waals surface area (Å²) in [5, 5.41) is 3.12. The molecule has 0 saturated heterocycles. The highest BCUT2D eigenvalue weighted by Crippen LogP contribution is 2.40. The Balaban J connectivity index is 1.87. The van der Waals surface area contributed by atoms with Crippen molar-refractivity contribution in [1.82, 2.24) is 4.98 Å². The number of rotatable bonds is 5. The summed E-state index contributed by atoms with van der Waals surface area (Å²) in [6.07, 6.45) is 5.07. The summed E-state index contributed by atoms with van der Waals surface area (Å²) < 4.78 is 10.0. The van der Waals surface area contributed by atoms with Crippen molar-refractivity contribution in [2.75, 3.05) is 18.5 Å². The third-order valence-electron chi connectivity index (χ3n) is 3.22. The fraction of sp³-hybridized carbons (Fsp3) is 0.667. The maximum atomic E-state index is 11.4. The number of nitrogens with zero attached hydrogens (tertiary/aromatic N) is 1. The molecule has 0 radical (unpaired) electrons. The second kappa shape index (κ2) is 4.77. The Morgan fingerprint density at radius 1 is 1.65 bits per heavy atom. The number of aromatic nitrogens is 1. The molecule has 2 rings (SSSR count). The van der Waals surface area contributed by atoms with E-state index in [1.54, 1.807) is 6.92 Å². The first-order valence-electron chi connectivity index (χ1n) is 5.99. The van der Waals surface area contributed by atoms with Gasteiger partial charge < -0.3 is 14.5 Å². The first-order valence-corrected chi connectivity index (χ1v) is 5.99. The Morgan fingerprint density at radius 3 is 3.00 bits per heavy atom. The molecule has 0 aromatic carbocycles. The molecule has 1 N–H and O–H groups in total. The minimum atomic E-state index is -0.445. The van der Waals surface area contributed by atoms with Crippen LogP contribution in [0.1, 0.15) is 43.6 Å². The van der Waals surface area contributed by atoms with Gasteiger partial charge in [0.25, 0.3) is 6.01 Å². The third-order valence-corrected chi connectivity index (χ3v) is 3.22. The first kappa shape index (κ1) is 12.0. The maximum Gasteiger partial charge on any atom is 0.360 e. The van der Waals surface area contributed by atoms with Crippen molar-refractivity contribution < 1.29 is 13.9 Å². The highest BCUT2D eigenvalue weighted by atomic mass is 16.5. The van der Waals surface area contributed by atoms with Gasteiger partial charge >= 0.3 is 5.97 Å². The minimum absolute atomic E-state index is 0.216. The summed E-state index contributed by atoms with van der Waals surface area (Å²) in [6, 6.07) is 0.390. The average Bonchev–Trinajstić information content (AvgIpc) is 2.73. The number of hydrogen-bond donors (Lipinski definition) is 1. The Morgan fingerprint density at radius 2 is 2.41 bits per heavy atom. The van der Waals surface area contributed by atoms with Crippen LogP contribution in [0.5, 0.6) is 0 Å². The molecule has 0 atom stereocenters. The van der Waals surface area contributed by atoms with E-state index in [-0.39, 0.29) is 5.69 Å². The number of oxazole rings is 1. The second-order valence-electron chi connectivity index (χ2n) is 4.78. The lowest BCUT2D eigenvalue weighted by Crippen LogP contribution is -2.33. The highest BCUT2D eigenvalue weighted by Gasteiger charge is 2.31. The van der Waals surface area contributed by atoms with Crippen molar-refractivity contribution in [3.63, 3.8) is 0 Å². The summed E-state index contributed by atoms with van der Waals surface area (Å²) in [5.74, 6) is -0.445. The SMILES string of the molecule is CCOC(=O)c1coc(NCC2(C)CCC2)n1. The Bertz CT molecular complexity index is 396. The molecule has 1 fully saturated rings. The summed E-state index contributed by atoms with van der Waals surface area (Å²) in [5.41, 5.74) is 0.562. The molecule has 5 heteroatoms. The van der Waals surface area contributed by atoms with Gasteiger partial charge in [-0.05, 0) is 25.2 Å². The van der Waals surface area contributed by atoms with Crippen molar-refractivity contribution in [3.8, 4) is 0 Å². The van der Waals surface area contributed by atoms with E-state index >= 15 is 0 Å². The van der Waals surface area contributed by atoms with Crippen molar-refractivity contribution in [2.45, 2.75) is 33.1 Å². The van der Waals surface area contributed by atoms with Gasteiger partial charge in [0.05, 0.1) is 6.61 Å². The van der Waals surface area contributed by atoms with Crippen LogP contribution in [0, 0.1) is 5.41 Å². The van der Waals surface area contributed by atoms with Crippen molar-refractivity contribution >= 4 is 12.0 Å². The van der Waals surface area contributed by atoms with Crippen LogP contribution < -0.4 is 5.32 Å². The number of carbonyl (C=O) groups is 1. The molecule has 0 amide bonds. The first-order chi connectivity index (χ1) is 8.13. The van der Waals surface area contributed by atoms with Crippen LogP contribution in [0.4, 0.5) is 6.01 Å². The lowest BCUT2D eigenvalue weighted by Gasteiger charge is -2.38. The van der Waals surface area contributed by atoms with Crippen LogP contribution in [-0.2, 0) is 4.74 Å². The van der Waals surface area contributed by atoms with Gasteiger partial charge in [-0.2, -0.15) is 4.98 Å².